The fraction of sp³-hybridized carbons (Fsp3) is 0.200. The topological polar surface area (TPSA) is 62.0 Å². The maximum atomic E-state index is 13.5. The second kappa shape index (κ2) is 5.69. The van der Waals surface area contributed by atoms with Crippen LogP contribution in [0.3, 0.4) is 0 Å². The lowest BCUT2D eigenvalue weighted by Crippen LogP contribution is -2.30. The van der Waals surface area contributed by atoms with E-state index >= 15 is 0 Å². The first-order valence-corrected chi connectivity index (χ1v) is 6.23. The van der Waals surface area contributed by atoms with E-state index in [1.165, 1.54) is 24.5 Å². The predicted octanol–water partition coefficient (Wildman–Crippen LogP) is 2.31. The van der Waals surface area contributed by atoms with Crippen molar-refractivity contribution in [1.29, 1.82) is 0 Å². The molecule has 0 aliphatic heterocycles. The standard InChI is InChI=1S/C15H15FN2O2/c1-9-3-4-11(7-13(9)16)10(2)18-15(20)12-8-17-6-5-14(12)19/h3-8,10H,1-2H3,(H,17,19)(H,18,20). The number of aromatic nitrogens is 1. The Bertz CT molecular complexity index is 694. The van der Waals surface area contributed by atoms with Gasteiger partial charge in [-0.2, -0.15) is 0 Å². The zero-order valence-electron chi connectivity index (χ0n) is 11.2. The summed E-state index contributed by atoms with van der Waals surface area (Å²) in [6, 6.07) is 5.68. The summed E-state index contributed by atoms with van der Waals surface area (Å²) < 4.78 is 13.5. The summed E-state index contributed by atoms with van der Waals surface area (Å²) in [6.07, 6.45) is 2.80. The lowest BCUT2D eigenvalue weighted by atomic mass is 10.1. The molecular formula is C15H15FN2O2. The van der Waals surface area contributed by atoms with E-state index < -0.39 is 11.9 Å². The molecule has 0 saturated carbocycles. The van der Waals surface area contributed by atoms with Gasteiger partial charge in [0.05, 0.1) is 6.04 Å². The van der Waals surface area contributed by atoms with E-state index in [2.05, 4.69) is 10.3 Å². The minimum Gasteiger partial charge on any atom is -0.367 e. The summed E-state index contributed by atoms with van der Waals surface area (Å²) in [4.78, 5) is 26.2. The fourth-order valence-corrected chi connectivity index (χ4v) is 1.83. The molecule has 0 aliphatic rings. The normalized spacial score (nSPS) is 11.9. The van der Waals surface area contributed by atoms with Crippen molar-refractivity contribution in [3.63, 3.8) is 0 Å². The summed E-state index contributed by atoms with van der Waals surface area (Å²) in [5.74, 6) is -0.804. The molecule has 1 unspecified atom stereocenters. The van der Waals surface area contributed by atoms with Gasteiger partial charge in [-0.3, -0.25) is 9.59 Å². The summed E-state index contributed by atoms with van der Waals surface area (Å²) >= 11 is 0. The molecule has 1 heterocycles. The van der Waals surface area contributed by atoms with Gasteiger partial charge in [0.1, 0.15) is 11.4 Å². The second-order valence-corrected chi connectivity index (χ2v) is 4.63. The average Bonchev–Trinajstić information content (AvgIpc) is 2.42. The number of pyridine rings is 1. The van der Waals surface area contributed by atoms with Crippen LogP contribution in [0.1, 0.15) is 34.5 Å². The van der Waals surface area contributed by atoms with Crippen molar-refractivity contribution in [3.05, 3.63) is 69.4 Å². The van der Waals surface area contributed by atoms with Crippen molar-refractivity contribution >= 4 is 5.91 Å². The van der Waals surface area contributed by atoms with Crippen molar-refractivity contribution < 1.29 is 9.18 Å². The number of benzene rings is 1. The summed E-state index contributed by atoms with van der Waals surface area (Å²) in [5.41, 5.74) is 0.871. The number of aryl methyl sites for hydroxylation is 1. The molecule has 2 aromatic rings. The Hall–Kier alpha value is -2.43. The van der Waals surface area contributed by atoms with Crippen LogP contribution in [-0.4, -0.2) is 10.9 Å². The molecule has 0 bridgehead atoms. The number of nitrogens with one attached hydrogen (secondary N) is 2. The van der Waals surface area contributed by atoms with Crippen LogP contribution in [-0.2, 0) is 0 Å². The van der Waals surface area contributed by atoms with Crippen molar-refractivity contribution in [2.75, 3.05) is 0 Å². The highest BCUT2D eigenvalue weighted by molar-refractivity contribution is 5.93. The largest absolute Gasteiger partial charge is 0.367 e. The second-order valence-electron chi connectivity index (χ2n) is 4.63. The zero-order chi connectivity index (χ0) is 14.7. The van der Waals surface area contributed by atoms with Gasteiger partial charge >= 0.3 is 0 Å². The van der Waals surface area contributed by atoms with Gasteiger partial charge in [0.25, 0.3) is 5.91 Å². The van der Waals surface area contributed by atoms with Gasteiger partial charge in [-0.1, -0.05) is 12.1 Å². The molecule has 1 amide bonds. The van der Waals surface area contributed by atoms with Gasteiger partial charge in [0.15, 0.2) is 5.43 Å². The minimum absolute atomic E-state index is 0.0342. The number of aromatic amines is 1. The van der Waals surface area contributed by atoms with Gasteiger partial charge in [-0.25, -0.2) is 4.39 Å². The number of hydrogen-bond acceptors (Lipinski definition) is 2. The monoisotopic (exact) mass is 274 g/mol. The molecule has 0 radical (unpaired) electrons. The van der Waals surface area contributed by atoms with E-state index in [-0.39, 0.29) is 16.8 Å². The SMILES string of the molecule is Cc1ccc(C(C)NC(=O)c2c[nH]ccc2=O)cc1F. The maximum Gasteiger partial charge on any atom is 0.257 e. The molecule has 5 heteroatoms. The van der Waals surface area contributed by atoms with Gasteiger partial charge in [-0.05, 0) is 31.0 Å². The van der Waals surface area contributed by atoms with Crippen molar-refractivity contribution in [2.45, 2.75) is 19.9 Å². The Morgan fingerprint density at radius 1 is 1.35 bits per heavy atom. The van der Waals surface area contributed by atoms with Crippen LogP contribution in [0.25, 0.3) is 0 Å². The smallest absolute Gasteiger partial charge is 0.257 e. The van der Waals surface area contributed by atoms with Crippen LogP contribution >= 0.6 is 0 Å². The van der Waals surface area contributed by atoms with Crippen LogP contribution < -0.4 is 10.7 Å². The quantitative estimate of drug-likeness (QED) is 0.902. The molecular weight excluding hydrogens is 259 g/mol. The highest BCUT2D eigenvalue weighted by atomic mass is 19.1. The number of H-pyrrole nitrogens is 1. The summed E-state index contributed by atoms with van der Waals surface area (Å²) in [6.45, 7) is 3.41. The fourth-order valence-electron chi connectivity index (χ4n) is 1.83. The van der Waals surface area contributed by atoms with Gasteiger partial charge in [-0.15, -0.1) is 0 Å². The molecule has 1 atom stereocenters. The number of rotatable bonds is 3. The van der Waals surface area contributed by atoms with Crippen LogP contribution in [0.4, 0.5) is 4.39 Å². The van der Waals surface area contributed by atoms with E-state index in [0.29, 0.717) is 11.1 Å². The molecule has 4 nitrogen and oxygen atoms in total. The van der Waals surface area contributed by atoms with Gasteiger partial charge < -0.3 is 10.3 Å². The predicted molar refractivity (Wildman–Crippen MR) is 74.1 cm³/mol. The molecule has 0 spiro atoms. The zero-order valence-corrected chi connectivity index (χ0v) is 11.2. The highest BCUT2D eigenvalue weighted by Crippen LogP contribution is 2.16. The van der Waals surface area contributed by atoms with E-state index in [1.54, 1.807) is 26.0 Å². The Labute approximate surface area is 115 Å². The van der Waals surface area contributed by atoms with Crippen molar-refractivity contribution in [2.24, 2.45) is 0 Å². The first kappa shape index (κ1) is 14.0. The molecule has 1 aromatic heterocycles. The highest BCUT2D eigenvalue weighted by Gasteiger charge is 2.14. The maximum absolute atomic E-state index is 13.5. The first-order valence-electron chi connectivity index (χ1n) is 6.23. The number of carbonyl (C=O) groups is 1. The van der Waals surface area contributed by atoms with E-state index in [1.807, 2.05) is 0 Å². The van der Waals surface area contributed by atoms with Crippen molar-refractivity contribution in [1.82, 2.24) is 10.3 Å². The molecule has 20 heavy (non-hydrogen) atoms. The minimum atomic E-state index is -0.486. The van der Waals surface area contributed by atoms with Crippen LogP contribution in [0.5, 0.6) is 0 Å². The van der Waals surface area contributed by atoms with Crippen LogP contribution in [0.15, 0.2) is 41.5 Å². The molecule has 0 aliphatic carbocycles. The Balaban J connectivity index is 2.17. The third kappa shape index (κ3) is 2.93. The number of hydrogen-bond donors (Lipinski definition) is 2. The number of halogens is 1. The van der Waals surface area contributed by atoms with Gasteiger partial charge in [0.2, 0.25) is 0 Å². The lowest BCUT2D eigenvalue weighted by molar-refractivity contribution is 0.0938. The Morgan fingerprint density at radius 3 is 2.75 bits per heavy atom. The molecule has 2 rings (SSSR count). The Kier molecular flexibility index (Phi) is 3.98. The third-order valence-corrected chi connectivity index (χ3v) is 3.11. The number of carbonyl (C=O) groups excluding carboxylic acids is 1. The molecule has 104 valence electrons. The first-order chi connectivity index (χ1) is 9.49. The van der Waals surface area contributed by atoms with E-state index in [4.69, 9.17) is 0 Å². The molecule has 1 aromatic carbocycles. The number of amides is 1. The van der Waals surface area contributed by atoms with Crippen LogP contribution in [0, 0.1) is 12.7 Å². The van der Waals surface area contributed by atoms with Crippen molar-refractivity contribution in [3.8, 4) is 0 Å². The lowest BCUT2D eigenvalue weighted by Gasteiger charge is -2.14. The molecule has 0 saturated heterocycles. The average molecular weight is 274 g/mol. The van der Waals surface area contributed by atoms with Crippen LogP contribution in [0.2, 0.25) is 0 Å². The van der Waals surface area contributed by atoms with Gasteiger partial charge in [0, 0.05) is 18.5 Å². The summed E-state index contributed by atoms with van der Waals surface area (Å²) in [5, 5.41) is 2.67. The molecule has 2 N–H and O–H groups in total. The third-order valence-electron chi connectivity index (χ3n) is 3.11. The van der Waals surface area contributed by atoms with E-state index in [9.17, 15) is 14.0 Å². The molecule has 0 fully saturated rings. The van der Waals surface area contributed by atoms with E-state index in [0.717, 1.165) is 0 Å². The summed E-state index contributed by atoms with van der Waals surface area (Å²) in [7, 11) is 0. The Morgan fingerprint density at radius 2 is 2.10 bits per heavy atom.